The lowest BCUT2D eigenvalue weighted by Gasteiger charge is -2.08. The maximum atomic E-state index is 12.4. The molecule has 0 fully saturated rings. The van der Waals surface area contributed by atoms with Crippen molar-refractivity contribution in [2.45, 2.75) is 39.7 Å². The topological polar surface area (TPSA) is 34.9 Å². The Bertz CT molecular complexity index is 619. The molecule has 20 heavy (non-hydrogen) atoms. The first-order chi connectivity index (χ1) is 9.52. The molecule has 106 valence electrons. The van der Waals surface area contributed by atoms with Crippen LogP contribution in [0, 0.1) is 6.92 Å². The molecule has 0 bridgehead atoms. The molecular formula is C16H19BrN2O. The van der Waals surface area contributed by atoms with Crippen molar-refractivity contribution in [3.63, 3.8) is 0 Å². The van der Waals surface area contributed by atoms with Crippen LogP contribution in [0.15, 0.2) is 34.9 Å². The number of hydrogen-bond acceptors (Lipinski definition) is 2. The highest BCUT2D eigenvalue weighted by molar-refractivity contribution is 9.10. The Morgan fingerprint density at radius 3 is 2.85 bits per heavy atom. The first-order valence-corrected chi connectivity index (χ1v) is 7.64. The first kappa shape index (κ1) is 15.0. The molecule has 0 aliphatic carbocycles. The van der Waals surface area contributed by atoms with Crippen molar-refractivity contribution in [1.82, 2.24) is 9.78 Å². The smallest absolute Gasteiger partial charge is 0.169 e. The Morgan fingerprint density at radius 1 is 1.40 bits per heavy atom. The van der Waals surface area contributed by atoms with Crippen LogP contribution in [0.5, 0.6) is 0 Å². The van der Waals surface area contributed by atoms with Gasteiger partial charge in [0.15, 0.2) is 5.78 Å². The van der Waals surface area contributed by atoms with Gasteiger partial charge in [0, 0.05) is 22.3 Å². The van der Waals surface area contributed by atoms with E-state index in [1.165, 1.54) is 0 Å². The first-order valence-electron chi connectivity index (χ1n) is 6.85. The molecule has 0 aliphatic heterocycles. The van der Waals surface area contributed by atoms with Crippen molar-refractivity contribution >= 4 is 21.7 Å². The highest BCUT2D eigenvalue weighted by atomic mass is 79.9. The Kier molecular flexibility index (Phi) is 4.76. The third-order valence-electron chi connectivity index (χ3n) is 3.62. The zero-order chi connectivity index (χ0) is 14.7. The van der Waals surface area contributed by atoms with Crippen LogP contribution in [0.3, 0.4) is 0 Å². The van der Waals surface area contributed by atoms with E-state index < -0.39 is 0 Å². The molecule has 0 amide bonds. The quantitative estimate of drug-likeness (QED) is 0.762. The number of rotatable bonds is 5. The fourth-order valence-corrected chi connectivity index (χ4v) is 2.44. The molecular weight excluding hydrogens is 316 g/mol. The minimum absolute atomic E-state index is 0.109. The van der Waals surface area contributed by atoms with Gasteiger partial charge in [-0.1, -0.05) is 35.0 Å². The summed E-state index contributed by atoms with van der Waals surface area (Å²) in [6.45, 7) is 6.20. The van der Waals surface area contributed by atoms with Crippen molar-refractivity contribution in [3.05, 3.63) is 51.8 Å². The maximum Gasteiger partial charge on any atom is 0.169 e. The number of aromatic nitrogens is 2. The van der Waals surface area contributed by atoms with E-state index in [1.807, 2.05) is 42.1 Å². The van der Waals surface area contributed by atoms with Gasteiger partial charge in [-0.25, -0.2) is 0 Å². The fourth-order valence-electron chi connectivity index (χ4n) is 2.07. The molecule has 1 aromatic carbocycles. The van der Waals surface area contributed by atoms with Gasteiger partial charge in [-0.2, -0.15) is 5.10 Å². The van der Waals surface area contributed by atoms with Crippen LogP contribution in [0.25, 0.3) is 0 Å². The highest BCUT2D eigenvalue weighted by Gasteiger charge is 2.13. The van der Waals surface area contributed by atoms with Crippen LogP contribution in [0.2, 0.25) is 0 Å². The molecule has 3 nitrogen and oxygen atoms in total. The van der Waals surface area contributed by atoms with E-state index in [2.05, 4.69) is 34.9 Å². The number of Topliss-reactive ketones (excluding diaryl/α,β-unsaturated/α-hetero) is 1. The highest BCUT2D eigenvalue weighted by Crippen LogP contribution is 2.21. The van der Waals surface area contributed by atoms with Gasteiger partial charge < -0.3 is 0 Å². The Morgan fingerprint density at radius 2 is 2.15 bits per heavy atom. The van der Waals surface area contributed by atoms with Crippen LogP contribution < -0.4 is 0 Å². The Labute approximate surface area is 128 Å². The molecule has 0 spiro atoms. The Hall–Kier alpha value is -1.42. The molecule has 2 rings (SSSR count). The molecule has 1 heterocycles. The summed E-state index contributed by atoms with van der Waals surface area (Å²) in [5.74, 6) is 0.109. The summed E-state index contributed by atoms with van der Waals surface area (Å²) in [5, 5.41) is 4.48. The number of benzene rings is 1. The molecule has 1 aromatic heterocycles. The average Bonchev–Trinajstić information content (AvgIpc) is 2.89. The standard InChI is InChI=1S/C16H19BrN2O/c1-4-11(2)19-9-8-13(18-19)10-16(20)14-6-5-7-15(17)12(14)3/h5-9,11H,4,10H2,1-3H3. The Balaban J connectivity index is 2.15. The SMILES string of the molecule is CCC(C)n1ccc(CC(=O)c2cccc(Br)c2C)n1. The van der Waals surface area contributed by atoms with Crippen molar-refractivity contribution in [2.75, 3.05) is 0 Å². The zero-order valence-electron chi connectivity index (χ0n) is 12.1. The minimum atomic E-state index is 0.109. The molecule has 2 aromatic rings. The van der Waals surface area contributed by atoms with Gasteiger partial charge >= 0.3 is 0 Å². The summed E-state index contributed by atoms with van der Waals surface area (Å²) in [6, 6.07) is 8.00. The van der Waals surface area contributed by atoms with Crippen LogP contribution in [0.1, 0.15) is 47.9 Å². The summed E-state index contributed by atoms with van der Waals surface area (Å²) in [7, 11) is 0. The van der Waals surface area contributed by atoms with Gasteiger partial charge in [0.2, 0.25) is 0 Å². The van der Waals surface area contributed by atoms with Crippen LogP contribution in [-0.4, -0.2) is 15.6 Å². The van der Waals surface area contributed by atoms with Gasteiger partial charge in [0.1, 0.15) is 0 Å². The molecule has 0 N–H and O–H groups in total. The van der Waals surface area contributed by atoms with Crippen molar-refractivity contribution in [2.24, 2.45) is 0 Å². The van der Waals surface area contributed by atoms with E-state index in [9.17, 15) is 4.79 Å². The number of carbonyl (C=O) groups is 1. The van der Waals surface area contributed by atoms with E-state index in [0.29, 0.717) is 12.5 Å². The lowest BCUT2D eigenvalue weighted by Crippen LogP contribution is -2.09. The van der Waals surface area contributed by atoms with Gasteiger partial charge in [-0.05, 0) is 38.0 Å². The van der Waals surface area contributed by atoms with Crippen LogP contribution in [0.4, 0.5) is 0 Å². The minimum Gasteiger partial charge on any atom is -0.294 e. The number of carbonyl (C=O) groups excluding carboxylic acids is 1. The number of hydrogen-bond donors (Lipinski definition) is 0. The summed E-state index contributed by atoms with van der Waals surface area (Å²) < 4.78 is 2.89. The van der Waals surface area contributed by atoms with Crippen LogP contribution in [-0.2, 0) is 6.42 Å². The van der Waals surface area contributed by atoms with Gasteiger partial charge in [0.25, 0.3) is 0 Å². The molecule has 0 saturated carbocycles. The number of ketones is 1. The van der Waals surface area contributed by atoms with Gasteiger partial charge in [-0.3, -0.25) is 9.48 Å². The summed E-state index contributed by atoms with van der Waals surface area (Å²) >= 11 is 3.46. The van der Waals surface area contributed by atoms with E-state index in [4.69, 9.17) is 0 Å². The molecule has 0 saturated heterocycles. The van der Waals surface area contributed by atoms with Crippen molar-refractivity contribution in [3.8, 4) is 0 Å². The normalized spacial score (nSPS) is 12.4. The molecule has 1 atom stereocenters. The number of halogens is 1. The third kappa shape index (κ3) is 3.18. The second kappa shape index (κ2) is 6.35. The summed E-state index contributed by atoms with van der Waals surface area (Å²) in [5.41, 5.74) is 2.57. The molecule has 4 heteroatoms. The third-order valence-corrected chi connectivity index (χ3v) is 4.47. The summed E-state index contributed by atoms with van der Waals surface area (Å²) in [6.07, 6.45) is 3.32. The summed E-state index contributed by atoms with van der Waals surface area (Å²) in [4.78, 5) is 12.4. The lowest BCUT2D eigenvalue weighted by atomic mass is 10.0. The lowest BCUT2D eigenvalue weighted by molar-refractivity contribution is 0.0991. The number of nitrogens with zero attached hydrogens (tertiary/aromatic N) is 2. The fraction of sp³-hybridized carbons (Fsp3) is 0.375. The largest absolute Gasteiger partial charge is 0.294 e. The van der Waals surface area contributed by atoms with Crippen molar-refractivity contribution in [1.29, 1.82) is 0 Å². The predicted molar refractivity (Wildman–Crippen MR) is 84.1 cm³/mol. The van der Waals surface area contributed by atoms with Gasteiger partial charge in [-0.15, -0.1) is 0 Å². The molecule has 1 unspecified atom stereocenters. The predicted octanol–water partition coefficient (Wildman–Crippen LogP) is 4.35. The van der Waals surface area contributed by atoms with Crippen molar-refractivity contribution < 1.29 is 4.79 Å². The van der Waals surface area contributed by atoms with E-state index in [0.717, 1.165) is 27.7 Å². The van der Waals surface area contributed by atoms with Crippen LogP contribution >= 0.6 is 15.9 Å². The zero-order valence-corrected chi connectivity index (χ0v) is 13.6. The van der Waals surface area contributed by atoms with E-state index >= 15 is 0 Å². The maximum absolute atomic E-state index is 12.4. The molecule has 0 aliphatic rings. The van der Waals surface area contributed by atoms with E-state index in [1.54, 1.807) is 0 Å². The average molecular weight is 335 g/mol. The van der Waals surface area contributed by atoms with E-state index in [-0.39, 0.29) is 5.78 Å². The second-order valence-corrected chi connectivity index (χ2v) is 5.91. The monoisotopic (exact) mass is 334 g/mol. The second-order valence-electron chi connectivity index (χ2n) is 5.06. The molecule has 0 radical (unpaired) electrons. The van der Waals surface area contributed by atoms with Gasteiger partial charge in [0.05, 0.1) is 12.1 Å².